The van der Waals surface area contributed by atoms with Gasteiger partial charge >= 0.3 is 0 Å². The molecule has 4 nitrogen and oxygen atoms in total. The lowest BCUT2D eigenvalue weighted by atomic mass is 9.75. The highest BCUT2D eigenvalue weighted by Crippen LogP contribution is 2.37. The van der Waals surface area contributed by atoms with Gasteiger partial charge < -0.3 is 9.47 Å². The van der Waals surface area contributed by atoms with Crippen molar-refractivity contribution in [1.82, 2.24) is 4.57 Å². The van der Waals surface area contributed by atoms with Crippen molar-refractivity contribution in [3.05, 3.63) is 18.2 Å². The molecule has 55 heavy (non-hydrogen) atoms. The summed E-state index contributed by atoms with van der Waals surface area (Å²) in [4.78, 5) is 0. The first-order chi connectivity index (χ1) is 26.9. The highest BCUT2D eigenvalue weighted by molar-refractivity contribution is 4.95. The summed E-state index contributed by atoms with van der Waals surface area (Å²) in [7, 11) is 0. The van der Waals surface area contributed by atoms with E-state index >= 15 is 0 Å². The first-order valence-corrected chi connectivity index (χ1v) is 25.2. The molecule has 1 atom stereocenters. The first-order valence-electron chi connectivity index (χ1n) is 25.2. The smallest absolute Gasteiger partial charge is 0.259 e. The van der Waals surface area contributed by atoms with Crippen LogP contribution in [0.3, 0.4) is 0 Å². The summed E-state index contributed by atoms with van der Waals surface area (Å²) in [6, 6.07) is 0. The second kappa shape index (κ2) is 34.0. The first kappa shape index (κ1) is 52.1. The molecule has 0 radical (unpaired) electrons. The summed E-state index contributed by atoms with van der Waals surface area (Å²) >= 11 is 0. The quantitative estimate of drug-likeness (QED) is 0.0376. The van der Waals surface area contributed by atoms with Crippen LogP contribution < -0.4 is 4.57 Å². The monoisotopic (exact) mass is 774 g/mol. The van der Waals surface area contributed by atoms with Gasteiger partial charge in [-0.25, -0.2) is 9.13 Å². The van der Waals surface area contributed by atoms with Gasteiger partial charge in [0.05, 0.1) is 19.0 Å². The van der Waals surface area contributed by atoms with Crippen molar-refractivity contribution < 1.29 is 14.0 Å². The van der Waals surface area contributed by atoms with Crippen LogP contribution in [0, 0.1) is 10.8 Å². The molecule has 1 unspecified atom stereocenters. The number of unbranched alkanes of at least 4 members (excludes halogenated alkanes) is 18. The lowest BCUT2D eigenvalue weighted by molar-refractivity contribution is -0.705. The minimum absolute atomic E-state index is 0.115. The average Bonchev–Trinajstić information content (AvgIpc) is 3.61. The molecule has 326 valence electrons. The highest BCUT2D eigenvalue weighted by atomic mass is 16.7. The van der Waals surface area contributed by atoms with Crippen LogP contribution in [-0.2, 0) is 22.6 Å². The van der Waals surface area contributed by atoms with E-state index in [0.29, 0.717) is 30.0 Å². The van der Waals surface area contributed by atoms with Crippen LogP contribution in [-0.4, -0.2) is 24.1 Å². The summed E-state index contributed by atoms with van der Waals surface area (Å²) in [6.07, 6.45) is 46.7. The molecule has 0 saturated heterocycles. The molecule has 0 amide bonds. The highest BCUT2D eigenvalue weighted by Gasteiger charge is 2.30. The standard InChI is InChI=1S/C51H101N2O2/c1-10-19-20-21-24-29-34-39-47(46-48(54-17-8)55-18-9)49-52(42-37-32-27-22-25-30-35-40-50(11-2,12-3)13-4)44-45-53(49)43-38-33-28-23-26-31-36-41-51(14-5,15-6)16-7/h44-45,47-48H,10-43,46H2,1-9H3/q+1. The zero-order chi connectivity index (χ0) is 40.5. The topological polar surface area (TPSA) is 27.3 Å². The van der Waals surface area contributed by atoms with E-state index in [1.165, 1.54) is 193 Å². The van der Waals surface area contributed by atoms with Gasteiger partial charge in [-0.1, -0.05) is 196 Å². The number of rotatable bonds is 41. The number of hydrogen-bond acceptors (Lipinski definition) is 2. The Kier molecular flexibility index (Phi) is 32.3. The molecular formula is C51H101N2O2+. The lowest BCUT2D eigenvalue weighted by Gasteiger charge is -2.30. The number of hydrogen-bond donors (Lipinski definition) is 0. The van der Waals surface area contributed by atoms with Gasteiger partial charge in [0.25, 0.3) is 5.82 Å². The Hall–Kier alpha value is -0.870. The van der Waals surface area contributed by atoms with Gasteiger partial charge in [0, 0.05) is 19.6 Å². The maximum Gasteiger partial charge on any atom is 0.259 e. The molecule has 0 saturated carbocycles. The third-order valence-corrected chi connectivity index (χ3v) is 14.4. The maximum atomic E-state index is 6.20. The number of aromatic nitrogens is 2. The average molecular weight is 774 g/mol. The normalized spacial score (nSPS) is 13.1. The van der Waals surface area contributed by atoms with Crippen LogP contribution in [0.5, 0.6) is 0 Å². The fourth-order valence-electron chi connectivity index (χ4n) is 9.71. The zero-order valence-corrected chi connectivity index (χ0v) is 39.3. The minimum Gasteiger partial charge on any atom is -0.353 e. The molecular weight excluding hydrogens is 673 g/mol. The predicted octanol–water partition coefficient (Wildman–Crippen LogP) is 16.5. The van der Waals surface area contributed by atoms with Gasteiger partial charge in [-0.2, -0.15) is 0 Å². The maximum absolute atomic E-state index is 6.20. The van der Waals surface area contributed by atoms with Crippen LogP contribution in [0.1, 0.15) is 273 Å². The van der Waals surface area contributed by atoms with Crippen LogP contribution in [0.25, 0.3) is 0 Å². The van der Waals surface area contributed by atoms with Gasteiger partial charge in [0.15, 0.2) is 6.29 Å². The Balaban J connectivity index is 2.86. The molecule has 0 spiro atoms. The third kappa shape index (κ3) is 22.2. The van der Waals surface area contributed by atoms with Crippen LogP contribution in [0.4, 0.5) is 0 Å². The molecule has 0 aliphatic heterocycles. The molecule has 0 N–H and O–H groups in total. The molecule has 0 aromatic carbocycles. The van der Waals surface area contributed by atoms with E-state index in [4.69, 9.17) is 9.47 Å². The Labute approximate surface area is 346 Å². The van der Waals surface area contributed by atoms with Crippen molar-refractivity contribution in [2.24, 2.45) is 10.8 Å². The van der Waals surface area contributed by atoms with E-state index < -0.39 is 0 Å². The summed E-state index contributed by atoms with van der Waals surface area (Å²) in [5.41, 5.74) is 1.21. The lowest BCUT2D eigenvalue weighted by Crippen LogP contribution is -2.40. The van der Waals surface area contributed by atoms with Crippen LogP contribution >= 0.6 is 0 Å². The molecule has 4 heteroatoms. The van der Waals surface area contributed by atoms with Crippen LogP contribution in [0.2, 0.25) is 0 Å². The van der Waals surface area contributed by atoms with Crippen LogP contribution in [0.15, 0.2) is 12.4 Å². The fraction of sp³-hybridized carbons (Fsp3) is 0.941. The molecule has 0 bridgehead atoms. The Bertz CT molecular complexity index is 886. The van der Waals surface area contributed by atoms with Gasteiger partial charge in [0.1, 0.15) is 12.4 Å². The number of ether oxygens (including phenoxy) is 2. The molecule has 1 rings (SSSR count). The van der Waals surface area contributed by atoms with Crippen molar-refractivity contribution in [2.45, 2.75) is 287 Å². The SMILES string of the molecule is CCCCCCCCCC(CC(OCC)OCC)c1n(CCCCCCCCCC(CC)(CC)CC)cc[n+]1CCCCCCCCCC(CC)(CC)CC. The molecule has 0 fully saturated rings. The van der Waals surface area contributed by atoms with E-state index in [9.17, 15) is 0 Å². The number of nitrogens with zero attached hydrogens (tertiary/aromatic N) is 2. The molecule has 0 aliphatic rings. The molecule has 0 aliphatic carbocycles. The Morgan fingerprint density at radius 1 is 0.509 bits per heavy atom. The summed E-state index contributed by atoms with van der Waals surface area (Å²) in [5, 5.41) is 0. The van der Waals surface area contributed by atoms with E-state index in [1.807, 2.05) is 0 Å². The second-order valence-electron chi connectivity index (χ2n) is 17.8. The van der Waals surface area contributed by atoms with Crippen molar-refractivity contribution in [3.8, 4) is 0 Å². The Morgan fingerprint density at radius 2 is 0.927 bits per heavy atom. The third-order valence-electron chi connectivity index (χ3n) is 14.4. The van der Waals surface area contributed by atoms with Crippen molar-refractivity contribution in [2.75, 3.05) is 13.2 Å². The predicted molar refractivity (Wildman–Crippen MR) is 242 cm³/mol. The summed E-state index contributed by atoms with van der Waals surface area (Å²) < 4.78 is 17.7. The van der Waals surface area contributed by atoms with Crippen molar-refractivity contribution in [3.63, 3.8) is 0 Å². The minimum atomic E-state index is -0.115. The number of imidazole rings is 1. The van der Waals surface area contributed by atoms with Gasteiger partial charge in [0.2, 0.25) is 0 Å². The van der Waals surface area contributed by atoms with Crippen molar-refractivity contribution in [1.29, 1.82) is 0 Å². The van der Waals surface area contributed by atoms with E-state index in [-0.39, 0.29) is 6.29 Å². The zero-order valence-electron chi connectivity index (χ0n) is 39.3. The van der Waals surface area contributed by atoms with Gasteiger partial charge in [-0.3, -0.25) is 0 Å². The second-order valence-corrected chi connectivity index (χ2v) is 17.8. The van der Waals surface area contributed by atoms with E-state index in [2.05, 4.69) is 83.8 Å². The summed E-state index contributed by atoms with van der Waals surface area (Å²) in [5.74, 6) is 2.02. The van der Waals surface area contributed by atoms with E-state index in [0.717, 1.165) is 19.5 Å². The van der Waals surface area contributed by atoms with Gasteiger partial charge in [-0.05, 0) is 69.6 Å². The molecule has 1 heterocycles. The number of aryl methyl sites for hydroxylation is 2. The molecule has 1 aromatic rings. The Morgan fingerprint density at radius 3 is 1.38 bits per heavy atom. The van der Waals surface area contributed by atoms with E-state index in [1.54, 1.807) is 5.82 Å². The van der Waals surface area contributed by atoms with Gasteiger partial charge in [-0.15, -0.1) is 0 Å². The summed E-state index contributed by atoms with van der Waals surface area (Å²) in [6.45, 7) is 24.7. The molecule has 1 aromatic heterocycles. The largest absolute Gasteiger partial charge is 0.353 e. The fourth-order valence-corrected chi connectivity index (χ4v) is 9.71. The van der Waals surface area contributed by atoms with Crippen molar-refractivity contribution >= 4 is 0 Å².